The first-order chi connectivity index (χ1) is 12.0. The predicted molar refractivity (Wildman–Crippen MR) is 105 cm³/mol. The zero-order valence-electron chi connectivity index (χ0n) is 17.5. The van der Waals surface area contributed by atoms with Gasteiger partial charge in [-0.3, -0.25) is 9.59 Å². The van der Waals surface area contributed by atoms with Crippen molar-refractivity contribution in [1.82, 2.24) is 16.0 Å². The van der Waals surface area contributed by atoms with Gasteiger partial charge in [0.2, 0.25) is 5.91 Å². The average molecular weight is 370 g/mol. The van der Waals surface area contributed by atoms with Crippen molar-refractivity contribution in [2.24, 2.45) is 10.8 Å². The lowest BCUT2D eigenvalue weighted by Gasteiger charge is -2.35. The first-order valence-corrected chi connectivity index (χ1v) is 9.85. The predicted octanol–water partition coefficient (Wildman–Crippen LogP) is 2.23. The van der Waals surface area contributed by atoms with E-state index >= 15 is 0 Å². The molecule has 0 heterocycles. The Labute approximate surface area is 159 Å². The molecule has 1 fully saturated rings. The van der Waals surface area contributed by atoms with Crippen molar-refractivity contribution >= 4 is 11.9 Å². The molecule has 6 nitrogen and oxygen atoms in total. The summed E-state index contributed by atoms with van der Waals surface area (Å²) < 4.78 is 5.44. The molecule has 0 bridgehead atoms. The van der Waals surface area contributed by atoms with Gasteiger partial charge in [-0.2, -0.15) is 0 Å². The van der Waals surface area contributed by atoms with E-state index in [4.69, 9.17) is 4.74 Å². The van der Waals surface area contributed by atoms with Crippen LogP contribution < -0.4 is 16.0 Å². The second-order valence-electron chi connectivity index (χ2n) is 9.57. The molecule has 0 aliphatic heterocycles. The molecule has 0 radical (unpaired) electrons. The van der Waals surface area contributed by atoms with E-state index in [-0.39, 0.29) is 41.3 Å². The summed E-state index contributed by atoms with van der Waals surface area (Å²) in [6.07, 6.45) is 4.43. The van der Waals surface area contributed by atoms with Crippen LogP contribution in [0.2, 0.25) is 0 Å². The fraction of sp³-hybridized carbons (Fsp3) is 0.900. The van der Waals surface area contributed by atoms with Gasteiger partial charge in [-0.05, 0) is 18.3 Å². The second-order valence-corrected chi connectivity index (χ2v) is 9.57. The molecule has 1 aliphatic carbocycles. The van der Waals surface area contributed by atoms with Crippen LogP contribution in [0.25, 0.3) is 0 Å². The molecule has 0 aromatic rings. The van der Waals surface area contributed by atoms with Gasteiger partial charge in [0.1, 0.15) is 0 Å². The van der Waals surface area contributed by atoms with E-state index in [9.17, 15) is 9.59 Å². The monoisotopic (exact) mass is 369 g/mol. The zero-order valence-corrected chi connectivity index (χ0v) is 17.5. The molecule has 0 aromatic heterocycles. The third kappa shape index (κ3) is 10.1. The molecule has 6 heteroatoms. The van der Waals surface area contributed by atoms with Crippen LogP contribution in [-0.4, -0.2) is 50.2 Å². The Balaban J connectivity index is 2.33. The molecule has 0 saturated heterocycles. The maximum Gasteiger partial charge on any atom is 0.319 e. The Kier molecular flexibility index (Phi) is 9.04. The number of hydrogen-bond acceptors (Lipinski definition) is 5. The van der Waals surface area contributed by atoms with E-state index in [2.05, 4.69) is 50.6 Å². The van der Waals surface area contributed by atoms with E-state index in [1.807, 2.05) is 0 Å². The van der Waals surface area contributed by atoms with E-state index in [1.165, 1.54) is 6.42 Å². The highest BCUT2D eigenvalue weighted by molar-refractivity contribution is 5.73. The molecule has 1 aliphatic rings. The fourth-order valence-electron chi connectivity index (χ4n) is 3.13. The summed E-state index contributed by atoms with van der Waals surface area (Å²) in [6, 6.07) is 0.484. The highest BCUT2D eigenvalue weighted by Crippen LogP contribution is 2.21. The molecule has 1 rings (SSSR count). The van der Waals surface area contributed by atoms with Gasteiger partial charge >= 0.3 is 5.97 Å². The Morgan fingerprint density at radius 1 is 1.00 bits per heavy atom. The van der Waals surface area contributed by atoms with Gasteiger partial charge in [0.05, 0.1) is 13.2 Å². The third-order valence-corrected chi connectivity index (χ3v) is 4.55. The minimum Gasteiger partial charge on any atom is -0.464 e. The molecule has 2 unspecified atom stereocenters. The lowest BCUT2D eigenvalue weighted by atomic mass is 9.88. The van der Waals surface area contributed by atoms with E-state index in [1.54, 1.807) is 6.92 Å². The van der Waals surface area contributed by atoms with Crippen LogP contribution in [0.1, 0.15) is 67.2 Å². The minimum absolute atomic E-state index is 0.0275. The molecular formula is C20H39N3O3. The van der Waals surface area contributed by atoms with Crippen molar-refractivity contribution in [1.29, 1.82) is 0 Å². The van der Waals surface area contributed by atoms with Gasteiger partial charge in [0.25, 0.3) is 0 Å². The maximum atomic E-state index is 11.9. The molecule has 0 spiro atoms. The topological polar surface area (TPSA) is 79.5 Å². The van der Waals surface area contributed by atoms with Crippen LogP contribution in [0.4, 0.5) is 0 Å². The largest absolute Gasteiger partial charge is 0.464 e. The van der Waals surface area contributed by atoms with Crippen molar-refractivity contribution in [3.8, 4) is 0 Å². The summed E-state index contributed by atoms with van der Waals surface area (Å²) in [5.74, 6) is -0.184. The first kappa shape index (κ1) is 22.9. The number of carbonyl (C=O) groups is 2. The van der Waals surface area contributed by atoms with Gasteiger partial charge in [0.15, 0.2) is 0 Å². The van der Waals surface area contributed by atoms with Crippen molar-refractivity contribution in [2.45, 2.75) is 79.3 Å². The van der Waals surface area contributed by atoms with Gasteiger partial charge in [-0.25, -0.2) is 0 Å². The molecular weight excluding hydrogens is 330 g/mol. The van der Waals surface area contributed by atoms with Gasteiger partial charge < -0.3 is 20.7 Å². The maximum absolute atomic E-state index is 11.9. The van der Waals surface area contributed by atoms with E-state index in [0.717, 1.165) is 32.4 Å². The molecule has 2 atom stereocenters. The Hall–Kier alpha value is -1.14. The van der Waals surface area contributed by atoms with Gasteiger partial charge in [-0.15, -0.1) is 0 Å². The van der Waals surface area contributed by atoms with Crippen LogP contribution in [0.15, 0.2) is 0 Å². The van der Waals surface area contributed by atoms with Crippen LogP contribution in [0.3, 0.4) is 0 Å². The van der Waals surface area contributed by atoms with Crippen molar-refractivity contribution < 1.29 is 14.3 Å². The Morgan fingerprint density at radius 2 is 1.62 bits per heavy atom. The summed E-state index contributed by atoms with van der Waals surface area (Å²) in [4.78, 5) is 23.3. The lowest BCUT2D eigenvalue weighted by molar-refractivity contribution is -0.145. The number of carbonyl (C=O) groups excluding carboxylic acids is 2. The SMILES string of the molecule is CC(=O)NC1CCCCC1NCC(C)(C)COC(=O)CNCC(C)(C)C. The van der Waals surface area contributed by atoms with E-state index < -0.39 is 0 Å². The van der Waals surface area contributed by atoms with Gasteiger partial charge in [0, 0.05) is 37.5 Å². The number of rotatable bonds is 9. The number of amides is 1. The summed E-state index contributed by atoms with van der Waals surface area (Å²) in [7, 11) is 0. The minimum atomic E-state index is -0.212. The second kappa shape index (κ2) is 10.3. The fourth-order valence-corrected chi connectivity index (χ4v) is 3.13. The molecule has 152 valence electrons. The summed E-state index contributed by atoms with van der Waals surface area (Å²) in [5, 5.41) is 9.78. The molecule has 26 heavy (non-hydrogen) atoms. The third-order valence-electron chi connectivity index (χ3n) is 4.55. The summed E-state index contributed by atoms with van der Waals surface area (Å²) in [6.45, 7) is 14.3. The number of esters is 1. The normalized spacial score (nSPS) is 21.3. The number of ether oxygens (including phenoxy) is 1. The smallest absolute Gasteiger partial charge is 0.319 e. The van der Waals surface area contributed by atoms with Crippen LogP contribution in [-0.2, 0) is 14.3 Å². The van der Waals surface area contributed by atoms with Gasteiger partial charge in [-0.1, -0.05) is 47.5 Å². The average Bonchev–Trinajstić information content (AvgIpc) is 2.50. The zero-order chi connectivity index (χ0) is 19.8. The Morgan fingerprint density at radius 3 is 2.19 bits per heavy atom. The van der Waals surface area contributed by atoms with Crippen LogP contribution in [0.5, 0.6) is 0 Å². The summed E-state index contributed by atoms with van der Waals surface area (Å²) >= 11 is 0. The number of hydrogen-bond donors (Lipinski definition) is 3. The molecule has 3 N–H and O–H groups in total. The van der Waals surface area contributed by atoms with Crippen molar-refractivity contribution in [3.05, 3.63) is 0 Å². The molecule has 0 aromatic carbocycles. The standard InChI is InChI=1S/C20H39N3O3/c1-15(24)23-17-10-8-7-9-16(17)22-13-20(5,6)14-26-18(25)11-21-12-19(2,3)4/h16-17,21-22H,7-14H2,1-6H3,(H,23,24). The highest BCUT2D eigenvalue weighted by Gasteiger charge is 2.28. The molecule has 1 saturated carbocycles. The Bertz CT molecular complexity index is 458. The molecule has 1 amide bonds. The van der Waals surface area contributed by atoms with Crippen molar-refractivity contribution in [2.75, 3.05) is 26.2 Å². The van der Waals surface area contributed by atoms with Crippen LogP contribution >= 0.6 is 0 Å². The van der Waals surface area contributed by atoms with Crippen molar-refractivity contribution in [3.63, 3.8) is 0 Å². The summed E-state index contributed by atoms with van der Waals surface area (Å²) in [5.41, 5.74) is -0.00811. The van der Waals surface area contributed by atoms with Crippen LogP contribution in [0, 0.1) is 10.8 Å². The first-order valence-electron chi connectivity index (χ1n) is 9.85. The van der Waals surface area contributed by atoms with E-state index in [0.29, 0.717) is 6.61 Å². The quantitative estimate of drug-likeness (QED) is 0.543. The lowest BCUT2D eigenvalue weighted by Crippen LogP contribution is -2.53. The highest BCUT2D eigenvalue weighted by atomic mass is 16.5. The number of nitrogens with one attached hydrogen (secondary N) is 3.